The van der Waals surface area contributed by atoms with Crippen LogP contribution in [0, 0.1) is 0 Å². The SMILES string of the molecule is FC(F)(F)Oc1ccc(/C=C\[Si]c2ccccc2)cc1. The van der Waals surface area contributed by atoms with Crippen LogP contribution in [0.4, 0.5) is 13.2 Å². The summed E-state index contributed by atoms with van der Waals surface area (Å²) in [6, 6.07) is 15.7. The van der Waals surface area contributed by atoms with Crippen LogP contribution in [0.15, 0.2) is 60.3 Å². The third kappa shape index (κ3) is 4.93. The summed E-state index contributed by atoms with van der Waals surface area (Å²) in [5.74, 6) is -0.208. The van der Waals surface area contributed by atoms with Crippen molar-refractivity contribution in [3.05, 3.63) is 65.9 Å². The Kier molecular flexibility index (Phi) is 4.63. The minimum atomic E-state index is -4.65. The lowest BCUT2D eigenvalue weighted by atomic mass is 10.2. The molecule has 2 aromatic carbocycles. The van der Waals surface area contributed by atoms with E-state index in [0.29, 0.717) is 9.52 Å². The van der Waals surface area contributed by atoms with E-state index in [-0.39, 0.29) is 5.75 Å². The van der Waals surface area contributed by atoms with Crippen LogP contribution in [0.2, 0.25) is 0 Å². The normalized spacial score (nSPS) is 11.8. The van der Waals surface area contributed by atoms with Gasteiger partial charge >= 0.3 is 6.36 Å². The average molecular weight is 292 g/mol. The molecule has 102 valence electrons. The Labute approximate surface area is 117 Å². The summed E-state index contributed by atoms with van der Waals surface area (Å²) < 4.78 is 39.8. The van der Waals surface area contributed by atoms with Gasteiger partial charge in [-0.05, 0) is 17.7 Å². The molecule has 0 aromatic heterocycles. The second-order valence-electron chi connectivity index (χ2n) is 3.96. The van der Waals surface area contributed by atoms with Crippen molar-refractivity contribution in [3.63, 3.8) is 0 Å². The van der Waals surface area contributed by atoms with Crippen molar-refractivity contribution < 1.29 is 17.9 Å². The zero-order valence-electron chi connectivity index (χ0n) is 10.4. The van der Waals surface area contributed by atoms with E-state index in [1.165, 1.54) is 17.3 Å². The van der Waals surface area contributed by atoms with Gasteiger partial charge in [0.05, 0.1) is 0 Å². The van der Waals surface area contributed by atoms with Crippen molar-refractivity contribution in [1.82, 2.24) is 0 Å². The van der Waals surface area contributed by atoms with Gasteiger partial charge in [-0.15, -0.1) is 13.2 Å². The van der Waals surface area contributed by atoms with Crippen LogP contribution in [0.3, 0.4) is 0 Å². The number of rotatable bonds is 4. The summed E-state index contributed by atoms with van der Waals surface area (Å²) in [6.45, 7) is 0. The third-order valence-electron chi connectivity index (χ3n) is 2.41. The van der Waals surface area contributed by atoms with Crippen molar-refractivity contribution in [3.8, 4) is 5.75 Å². The van der Waals surface area contributed by atoms with Crippen LogP contribution in [-0.2, 0) is 0 Å². The fraction of sp³-hybridized carbons (Fsp3) is 0.0667. The van der Waals surface area contributed by atoms with Crippen LogP contribution in [0.5, 0.6) is 5.75 Å². The lowest BCUT2D eigenvalue weighted by molar-refractivity contribution is -0.274. The highest BCUT2D eigenvalue weighted by atomic mass is 28.2. The molecule has 0 aliphatic rings. The Hall–Kier alpha value is -2.01. The quantitative estimate of drug-likeness (QED) is 0.783. The highest BCUT2D eigenvalue weighted by Crippen LogP contribution is 2.22. The first kappa shape index (κ1) is 14.4. The lowest BCUT2D eigenvalue weighted by Gasteiger charge is -2.08. The van der Waals surface area contributed by atoms with Crippen LogP contribution in [0.25, 0.3) is 6.08 Å². The summed E-state index contributed by atoms with van der Waals surface area (Å²) in [7, 11) is 0.527. The highest BCUT2D eigenvalue weighted by molar-refractivity contribution is 6.59. The smallest absolute Gasteiger partial charge is 0.406 e. The highest BCUT2D eigenvalue weighted by Gasteiger charge is 2.30. The van der Waals surface area contributed by atoms with Crippen LogP contribution in [0.1, 0.15) is 5.56 Å². The van der Waals surface area contributed by atoms with Crippen LogP contribution in [-0.4, -0.2) is 15.9 Å². The summed E-state index contributed by atoms with van der Waals surface area (Å²) >= 11 is 0. The van der Waals surface area contributed by atoms with Gasteiger partial charge in [-0.1, -0.05) is 59.4 Å². The Morgan fingerprint density at radius 3 is 2.15 bits per heavy atom. The molecule has 0 amide bonds. The molecule has 1 nitrogen and oxygen atoms in total. The number of hydrogen-bond acceptors (Lipinski definition) is 1. The van der Waals surface area contributed by atoms with Crippen molar-refractivity contribution in [2.24, 2.45) is 0 Å². The molecule has 5 heteroatoms. The maximum Gasteiger partial charge on any atom is 0.573 e. The molecule has 0 saturated carbocycles. The number of hydrogen-bond donors (Lipinski definition) is 0. The zero-order valence-corrected chi connectivity index (χ0v) is 11.4. The maximum atomic E-state index is 12.0. The van der Waals surface area contributed by atoms with E-state index in [1.54, 1.807) is 12.1 Å². The van der Waals surface area contributed by atoms with E-state index in [0.717, 1.165) is 5.56 Å². The molecule has 0 saturated heterocycles. The minimum absolute atomic E-state index is 0.208. The molecule has 2 rings (SSSR count). The van der Waals surface area contributed by atoms with Crippen molar-refractivity contribution in [2.75, 3.05) is 0 Å². The second kappa shape index (κ2) is 6.43. The molecule has 0 spiro atoms. The molecule has 2 aromatic rings. The molecule has 0 N–H and O–H groups in total. The molecule has 20 heavy (non-hydrogen) atoms. The van der Waals surface area contributed by atoms with Crippen LogP contribution >= 0.6 is 0 Å². The predicted molar refractivity (Wildman–Crippen MR) is 74.0 cm³/mol. The number of alkyl halides is 3. The zero-order chi connectivity index (χ0) is 14.4. The summed E-state index contributed by atoms with van der Waals surface area (Å²) in [4.78, 5) is 0. The molecular weight excluding hydrogens is 281 g/mol. The first-order valence-corrected chi connectivity index (χ1v) is 6.95. The van der Waals surface area contributed by atoms with Gasteiger partial charge in [0, 0.05) is 0 Å². The van der Waals surface area contributed by atoms with Gasteiger partial charge in [-0.2, -0.15) is 0 Å². The van der Waals surface area contributed by atoms with E-state index in [2.05, 4.69) is 4.74 Å². The summed E-state index contributed by atoms with van der Waals surface area (Å²) in [5, 5.41) is 1.21. The predicted octanol–water partition coefficient (Wildman–Crippen LogP) is 3.59. The van der Waals surface area contributed by atoms with Gasteiger partial charge in [-0.3, -0.25) is 0 Å². The Morgan fingerprint density at radius 2 is 1.55 bits per heavy atom. The maximum absolute atomic E-state index is 12.0. The molecule has 0 aliphatic carbocycles. The van der Waals surface area contributed by atoms with E-state index >= 15 is 0 Å². The Bertz CT molecular complexity index is 562. The molecular formula is C15H11F3OSi. The van der Waals surface area contributed by atoms with E-state index in [1.807, 2.05) is 42.1 Å². The lowest BCUT2D eigenvalue weighted by Crippen LogP contribution is -2.16. The summed E-state index contributed by atoms with van der Waals surface area (Å²) in [6.07, 6.45) is -2.77. The van der Waals surface area contributed by atoms with E-state index in [9.17, 15) is 13.2 Å². The van der Waals surface area contributed by atoms with Gasteiger partial charge in [-0.25, -0.2) is 0 Å². The van der Waals surface area contributed by atoms with Crippen molar-refractivity contribution in [1.29, 1.82) is 0 Å². The standard InChI is InChI=1S/C15H11F3OSi/c16-15(17,18)19-13-8-6-12(7-9-13)10-11-20-14-4-2-1-3-5-14/h1-11H/b11-10-. The fourth-order valence-electron chi connectivity index (χ4n) is 1.55. The third-order valence-corrected chi connectivity index (χ3v) is 3.41. The van der Waals surface area contributed by atoms with Crippen molar-refractivity contribution in [2.45, 2.75) is 6.36 Å². The largest absolute Gasteiger partial charge is 0.573 e. The van der Waals surface area contributed by atoms with E-state index in [4.69, 9.17) is 0 Å². The Morgan fingerprint density at radius 1 is 0.900 bits per heavy atom. The molecule has 0 unspecified atom stereocenters. The Balaban J connectivity index is 1.94. The number of halogens is 3. The van der Waals surface area contributed by atoms with Crippen molar-refractivity contribution >= 4 is 20.8 Å². The topological polar surface area (TPSA) is 9.23 Å². The summed E-state index contributed by atoms with van der Waals surface area (Å²) in [5.41, 5.74) is 2.83. The second-order valence-corrected chi connectivity index (χ2v) is 5.16. The number of ether oxygens (including phenoxy) is 1. The molecule has 0 aliphatic heterocycles. The molecule has 0 heterocycles. The number of benzene rings is 2. The van der Waals surface area contributed by atoms with Gasteiger partial charge in [0.25, 0.3) is 0 Å². The average Bonchev–Trinajstić information content (AvgIpc) is 2.40. The van der Waals surface area contributed by atoms with E-state index < -0.39 is 6.36 Å². The first-order valence-electron chi connectivity index (χ1n) is 5.87. The van der Waals surface area contributed by atoms with Gasteiger partial charge in [0.1, 0.15) is 15.3 Å². The van der Waals surface area contributed by atoms with Gasteiger partial charge in [0.15, 0.2) is 0 Å². The monoisotopic (exact) mass is 292 g/mol. The molecule has 0 fully saturated rings. The first-order chi connectivity index (χ1) is 9.53. The van der Waals surface area contributed by atoms with Gasteiger partial charge in [0.2, 0.25) is 0 Å². The minimum Gasteiger partial charge on any atom is -0.406 e. The molecule has 2 radical (unpaired) electrons. The van der Waals surface area contributed by atoms with Gasteiger partial charge < -0.3 is 4.74 Å². The van der Waals surface area contributed by atoms with Crippen LogP contribution < -0.4 is 9.92 Å². The molecule has 0 bridgehead atoms. The fourth-order valence-corrected chi connectivity index (χ4v) is 2.40. The molecule has 0 atom stereocenters.